The van der Waals surface area contributed by atoms with E-state index < -0.39 is 0 Å². The summed E-state index contributed by atoms with van der Waals surface area (Å²) >= 11 is 14.0. The molecule has 36 heavy (non-hydrogen) atoms. The quantitative estimate of drug-likeness (QED) is 0.146. The van der Waals surface area contributed by atoms with Gasteiger partial charge in [0.1, 0.15) is 0 Å². The summed E-state index contributed by atoms with van der Waals surface area (Å²) in [5.74, 6) is 0.561. The Bertz CT molecular complexity index is 1340. The van der Waals surface area contributed by atoms with Gasteiger partial charge in [-0.05, 0) is 85.3 Å². The lowest BCUT2D eigenvalue weighted by molar-refractivity contribution is -0.120. The third kappa shape index (κ3) is 5.19. The molecule has 0 aromatic heterocycles. The molecule has 0 unspecified atom stereocenters. The van der Waals surface area contributed by atoms with Crippen LogP contribution in [0.3, 0.4) is 0 Å². The fourth-order valence-corrected chi connectivity index (χ4v) is 6.16. The predicted octanol–water partition coefficient (Wildman–Crippen LogP) is 7.84. The number of hydrogen-bond donors (Lipinski definition) is 2. The smallest absolute Gasteiger partial charge is 0.253 e. The average Bonchev–Trinajstić information content (AvgIpc) is 3.38. The number of carbonyl (C=O) groups is 1. The van der Waals surface area contributed by atoms with Gasteiger partial charge in [0.15, 0.2) is 0 Å². The van der Waals surface area contributed by atoms with Crippen molar-refractivity contribution in [2.45, 2.75) is 42.4 Å². The Balaban J connectivity index is 1.31. The molecular formula is C29H27Cl2N3OS. The molecule has 4 nitrogen and oxygen atoms in total. The number of rotatable bonds is 6. The van der Waals surface area contributed by atoms with Gasteiger partial charge in [-0.1, -0.05) is 59.6 Å². The first-order chi connectivity index (χ1) is 17.4. The zero-order valence-corrected chi connectivity index (χ0v) is 22.4. The number of anilines is 1. The molecule has 4 atom stereocenters. The van der Waals surface area contributed by atoms with Crippen molar-refractivity contribution in [2.24, 2.45) is 11.0 Å². The minimum absolute atomic E-state index is 0.143. The molecule has 5 rings (SSSR count). The molecule has 1 heterocycles. The Kier molecular flexibility index (Phi) is 7.42. The van der Waals surface area contributed by atoms with Gasteiger partial charge >= 0.3 is 0 Å². The van der Waals surface area contributed by atoms with E-state index in [4.69, 9.17) is 23.2 Å². The van der Waals surface area contributed by atoms with Crippen molar-refractivity contribution < 1.29 is 4.79 Å². The zero-order valence-electron chi connectivity index (χ0n) is 20.0. The molecule has 184 valence electrons. The topological polar surface area (TPSA) is 53.5 Å². The number of amides is 1. The summed E-state index contributed by atoms with van der Waals surface area (Å²) in [4.78, 5) is 13.6. The van der Waals surface area contributed by atoms with E-state index in [-0.39, 0.29) is 17.2 Å². The molecule has 0 saturated heterocycles. The molecule has 0 fully saturated rings. The lowest BCUT2D eigenvalue weighted by Crippen LogP contribution is -2.29. The van der Waals surface area contributed by atoms with E-state index in [0.717, 1.165) is 38.9 Å². The van der Waals surface area contributed by atoms with E-state index in [1.165, 1.54) is 17.3 Å². The highest BCUT2D eigenvalue weighted by Crippen LogP contribution is 2.50. The highest BCUT2D eigenvalue weighted by molar-refractivity contribution is 8.00. The van der Waals surface area contributed by atoms with Crippen LogP contribution in [0.2, 0.25) is 10.0 Å². The van der Waals surface area contributed by atoms with Crippen molar-refractivity contribution in [1.29, 1.82) is 0 Å². The SMILES string of the molecule is C/C(=N/NC(=O)[C@@H](C)Sc1ccc(Cl)cc1)c1ccc2c(c1)[C@@H]1C=CC[C@@H]1[C@H](c1ccccc1Cl)N2. The number of fused-ring (bicyclic) bond motifs is 3. The van der Waals surface area contributed by atoms with Gasteiger partial charge in [-0.15, -0.1) is 11.8 Å². The van der Waals surface area contributed by atoms with Gasteiger partial charge in [-0.3, -0.25) is 4.79 Å². The number of benzene rings is 3. The molecule has 1 aliphatic heterocycles. The molecule has 0 radical (unpaired) electrons. The van der Waals surface area contributed by atoms with Crippen LogP contribution in [0.25, 0.3) is 0 Å². The molecule has 2 N–H and O–H groups in total. The summed E-state index contributed by atoms with van der Waals surface area (Å²) in [6, 6.07) is 22.0. The third-order valence-corrected chi connectivity index (χ3v) is 8.56. The maximum absolute atomic E-state index is 12.6. The normalized spacial score (nSPS) is 21.3. The summed E-state index contributed by atoms with van der Waals surface area (Å²) in [5.41, 5.74) is 7.99. The Labute approximate surface area is 226 Å². The monoisotopic (exact) mass is 535 g/mol. The third-order valence-electron chi connectivity index (χ3n) is 6.85. The van der Waals surface area contributed by atoms with Crippen molar-refractivity contribution in [2.75, 3.05) is 5.32 Å². The lowest BCUT2D eigenvalue weighted by Gasteiger charge is -2.38. The van der Waals surface area contributed by atoms with Crippen LogP contribution in [0, 0.1) is 5.92 Å². The Hall–Kier alpha value is -2.73. The lowest BCUT2D eigenvalue weighted by atomic mass is 9.76. The van der Waals surface area contributed by atoms with Crippen molar-refractivity contribution >= 4 is 52.3 Å². The number of nitrogens with zero attached hydrogens (tertiary/aromatic N) is 1. The molecule has 0 saturated carbocycles. The molecule has 1 amide bonds. The van der Waals surface area contributed by atoms with Gasteiger partial charge in [-0.25, -0.2) is 5.43 Å². The van der Waals surface area contributed by atoms with Gasteiger partial charge in [0.25, 0.3) is 5.91 Å². The van der Waals surface area contributed by atoms with Gasteiger partial charge in [-0.2, -0.15) is 5.10 Å². The summed E-state index contributed by atoms with van der Waals surface area (Å²) in [6.45, 7) is 3.79. The van der Waals surface area contributed by atoms with E-state index in [9.17, 15) is 4.79 Å². The van der Waals surface area contributed by atoms with Crippen LogP contribution >= 0.6 is 35.0 Å². The van der Waals surface area contributed by atoms with E-state index in [1.807, 2.05) is 62.4 Å². The Morgan fingerprint density at radius 3 is 2.64 bits per heavy atom. The molecule has 0 bridgehead atoms. The summed E-state index contributed by atoms with van der Waals surface area (Å²) in [7, 11) is 0. The van der Waals surface area contributed by atoms with Crippen LogP contribution in [0.5, 0.6) is 0 Å². The molecule has 2 aliphatic rings. The second kappa shape index (κ2) is 10.7. The van der Waals surface area contributed by atoms with Crippen molar-refractivity contribution in [3.05, 3.63) is 106 Å². The highest BCUT2D eigenvalue weighted by atomic mass is 35.5. The second-order valence-electron chi connectivity index (χ2n) is 9.19. The maximum Gasteiger partial charge on any atom is 0.253 e. The molecule has 1 aliphatic carbocycles. The van der Waals surface area contributed by atoms with Crippen molar-refractivity contribution in [3.8, 4) is 0 Å². The van der Waals surface area contributed by atoms with Crippen LogP contribution in [-0.2, 0) is 4.79 Å². The number of carbonyl (C=O) groups excluding carboxylic acids is 1. The Morgan fingerprint density at radius 2 is 1.86 bits per heavy atom. The van der Waals surface area contributed by atoms with E-state index >= 15 is 0 Å². The number of halogens is 2. The average molecular weight is 537 g/mol. The molecule has 3 aromatic carbocycles. The zero-order chi connectivity index (χ0) is 25.2. The minimum atomic E-state index is -0.290. The first-order valence-electron chi connectivity index (χ1n) is 12.0. The Morgan fingerprint density at radius 1 is 1.08 bits per heavy atom. The van der Waals surface area contributed by atoms with Crippen molar-refractivity contribution in [3.63, 3.8) is 0 Å². The molecule has 7 heteroatoms. The molecule has 0 spiro atoms. The van der Waals surface area contributed by atoms with Gasteiger partial charge < -0.3 is 5.32 Å². The van der Waals surface area contributed by atoms with Gasteiger partial charge in [0.05, 0.1) is 17.0 Å². The first kappa shape index (κ1) is 24.9. The van der Waals surface area contributed by atoms with Crippen LogP contribution in [0.1, 0.15) is 48.9 Å². The number of allylic oxidation sites excluding steroid dienone is 2. The van der Waals surface area contributed by atoms with Crippen LogP contribution in [0.15, 0.2) is 88.9 Å². The number of thioether (sulfide) groups is 1. The van der Waals surface area contributed by atoms with Crippen LogP contribution < -0.4 is 10.7 Å². The van der Waals surface area contributed by atoms with Crippen LogP contribution in [0.4, 0.5) is 5.69 Å². The van der Waals surface area contributed by atoms with Crippen LogP contribution in [-0.4, -0.2) is 16.9 Å². The number of nitrogens with one attached hydrogen (secondary N) is 2. The number of hydrazone groups is 1. The largest absolute Gasteiger partial charge is 0.378 e. The van der Waals surface area contributed by atoms with Gasteiger partial charge in [0.2, 0.25) is 0 Å². The summed E-state index contributed by atoms with van der Waals surface area (Å²) in [5, 5.41) is 9.33. The fourth-order valence-electron chi connectivity index (χ4n) is 4.92. The summed E-state index contributed by atoms with van der Waals surface area (Å²) in [6.07, 6.45) is 5.58. The summed E-state index contributed by atoms with van der Waals surface area (Å²) < 4.78 is 0. The maximum atomic E-state index is 12.6. The molecular weight excluding hydrogens is 509 g/mol. The van der Waals surface area contributed by atoms with E-state index in [1.54, 1.807) is 0 Å². The van der Waals surface area contributed by atoms with E-state index in [2.05, 4.69) is 46.2 Å². The van der Waals surface area contributed by atoms with E-state index in [0.29, 0.717) is 16.9 Å². The first-order valence-corrected chi connectivity index (χ1v) is 13.6. The minimum Gasteiger partial charge on any atom is -0.378 e. The fraction of sp³-hybridized carbons (Fsp3) is 0.241. The predicted molar refractivity (Wildman–Crippen MR) is 151 cm³/mol. The highest BCUT2D eigenvalue weighted by Gasteiger charge is 2.38. The molecule has 3 aromatic rings. The van der Waals surface area contributed by atoms with Gasteiger partial charge in [0, 0.05) is 26.5 Å². The standard InChI is InChI=1S/C29H27Cl2N3OS/c1-17(33-34-29(35)18(2)36-21-13-11-20(30)12-14-21)19-10-15-27-25(16-19)22-7-5-8-23(22)28(32-27)24-6-3-4-9-26(24)31/h3-7,9-16,18,22-23,28,32H,8H2,1-2H3,(H,34,35)/b33-17-/t18-,22-,23+,28-/m1/s1. The second-order valence-corrected chi connectivity index (χ2v) is 11.4. The van der Waals surface area contributed by atoms with Crippen molar-refractivity contribution in [1.82, 2.24) is 5.43 Å². The number of hydrogen-bond acceptors (Lipinski definition) is 4.